The highest BCUT2D eigenvalue weighted by atomic mass is 32.2. The number of carbonyl (C=O) groups is 2. The van der Waals surface area contributed by atoms with E-state index in [4.69, 9.17) is 0 Å². The number of fused-ring (bicyclic) bond motifs is 1. The summed E-state index contributed by atoms with van der Waals surface area (Å²) in [6, 6.07) is 19.0. The van der Waals surface area contributed by atoms with Crippen molar-refractivity contribution in [1.29, 1.82) is 0 Å². The van der Waals surface area contributed by atoms with Crippen molar-refractivity contribution in [2.24, 2.45) is 10.4 Å². The van der Waals surface area contributed by atoms with Crippen LogP contribution in [0, 0.1) is 9.81 Å². The van der Waals surface area contributed by atoms with Crippen LogP contribution in [0.4, 0.5) is 17.1 Å². The third-order valence-electron chi connectivity index (χ3n) is 4.50. The van der Waals surface area contributed by atoms with Crippen LogP contribution in [0.25, 0.3) is 0 Å². The van der Waals surface area contributed by atoms with Gasteiger partial charge in [-0.1, -0.05) is 23.9 Å². The van der Waals surface area contributed by atoms with Crippen molar-refractivity contribution in [3.05, 3.63) is 104 Å². The largest absolute Gasteiger partial charge is 0.348 e. The minimum absolute atomic E-state index is 0.0326. The molecule has 0 unspecified atom stereocenters. The fourth-order valence-electron chi connectivity index (χ4n) is 2.98. The molecule has 0 atom stereocenters. The highest BCUT2D eigenvalue weighted by Crippen LogP contribution is 2.43. The molecule has 0 saturated carbocycles. The van der Waals surface area contributed by atoms with Gasteiger partial charge in [0.1, 0.15) is 16.9 Å². The van der Waals surface area contributed by atoms with Crippen LogP contribution >= 0.6 is 11.8 Å². The second-order valence-electron chi connectivity index (χ2n) is 6.36. The molecule has 1 aliphatic heterocycles. The highest BCUT2D eigenvalue weighted by molar-refractivity contribution is 8.03. The summed E-state index contributed by atoms with van der Waals surface area (Å²) in [7, 11) is 0. The molecule has 7 nitrogen and oxygen atoms in total. The van der Waals surface area contributed by atoms with E-state index in [-0.39, 0.29) is 28.1 Å². The Morgan fingerprint density at radius 2 is 1.20 bits per heavy atom. The van der Waals surface area contributed by atoms with E-state index in [0.717, 1.165) is 10.6 Å². The van der Waals surface area contributed by atoms with E-state index in [9.17, 15) is 19.4 Å². The van der Waals surface area contributed by atoms with Crippen molar-refractivity contribution < 1.29 is 9.59 Å². The second-order valence-corrected chi connectivity index (χ2v) is 7.41. The zero-order valence-electron chi connectivity index (χ0n) is 15.4. The Hall–Kier alpha value is -3.91. The first-order valence-electron chi connectivity index (χ1n) is 8.85. The molecule has 0 amide bonds. The Morgan fingerprint density at radius 3 is 1.67 bits per heavy atom. The number of nitrogens with one attached hydrogen (secondary N) is 1. The molecule has 1 aliphatic rings. The summed E-state index contributed by atoms with van der Waals surface area (Å²) in [6.07, 6.45) is 0. The minimum atomic E-state index is -0.488. The van der Waals surface area contributed by atoms with E-state index < -0.39 is 11.6 Å². The Balaban J connectivity index is 1.79. The summed E-state index contributed by atoms with van der Waals surface area (Å²) >= 11 is 1.30. The molecule has 3 aromatic carbocycles. The first-order valence-corrected chi connectivity index (χ1v) is 9.67. The molecule has 4 rings (SSSR count). The van der Waals surface area contributed by atoms with E-state index in [1.807, 2.05) is 24.3 Å². The Bertz CT molecular complexity index is 1110. The number of hydrogen-bond donors (Lipinski definition) is 1. The van der Waals surface area contributed by atoms with Crippen LogP contribution in [0.15, 0.2) is 98.6 Å². The molecule has 30 heavy (non-hydrogen) atoms. The van der Waals surface area contributed by atoms with Crippen LogP contribution in [0.1, 0.15) is 20.7 Å². The molecule has 0 spiro atoms. The van der Waals surface area contributed by atoms with Gasteiger partial charge >= 0.3 is 0 Å². The third-order valence-corrected chi connectivity index (χ3v) is 5.58. The van der Waals surface area contributed by atoms with Gasteiger partial charge in [-0.2, -0.15) is 0 Å². The number of carbonyl (C=O) groups excluding carboxylic acids is 2. The summed E-state index contributed by atoms with van der Waals surface area (Å²) in [4.78, 5) is 48.8. The quantitative estimate of drug-likeness (QED) is 0.175. The molecule has 0 aliphatic carbocycles. The van der Waals surface area contributed by atoms with Crippen LogP contribution in [-0.4, -0.2) is 11.6 Å². The molecule has 1 heterocycles. The van der Waals surface area contributed by atoms with E-state index >= 15 is 0 Å². The van der Waals surface area contributed by atoms with Crippen molar-refractivity contribution >= 4 is 40.4 Å². The van der Waals surface area contributed by atoms with Gasteiger partial charge in [-0.05, 0) is 71.0 Å². The molecule has 1 N–H and O–H groups in total. The number of benzene rings is 3. The number of nitrogens with zero attached hydrogens (tertiary/aromatic N) is 2. The maximum Gasteiger partial charge on any atom is 0.199 e. The van der Waals surface area contributed by atoms with Crippen LogP contribution in [0.2, 0.25) is 0 Å². The second kappa shape index (κ2) is 8.22. The summed E-state index contributed by atoms with van der Waals surface area (Å²) < 4.78 is 0. The lowest BCUT2D eigenvalue weighted by atomic mass is 9.96. The molecule has 0 saturated heterocycles. The van der Waals surface area contributed by atoms with Gasteiger partial charge in [0, 0.05) is 16.0 Å². The summed E-state index contributed by atoms with van der Waals surface area (Å²) in [6.45, 7) is 0. The first-order chi connectivity index (χ1) is 14.6. The summed E-state index contributed by atoms with van der Waals surface area (Å²) in [5, 5.41) is 9.22. The number of Topliss-reactive ketones (excluding diaryl/α,β-unsaturated/α-hetero) is 2. The van der Waals surface area contributed by atoms with E-state index in [0.29, 0.717) is 5.03 Å². The zero-order chi connectivity index (χ0) is 21.1. The van der Waals surface area contributed by atoms with Crippen LogP contribution in [-0.2, 0) is 0 Å². The number of hydrogen-bond acceptors (Lipinski definition) is 8. The molecule has 0 radical (unpaired) electrons. The van der Waals surface area contributed by atoms with Gasteiger partial charge in [0.2, 0.25) is 0 Å². The Kier molecular flexibility index (Phi) is 5.32. The number of allylic oxidation sites excluding steroid dienone is 1. The number of anilines is 1. The molecular formula is C22H13N3O4S. The van der Waals surface area contributed by atoms with Gasteiger partial charge in [0.25, 0.3) is 0 Å². The lowest BCUT2D eigenvalue weighted by Crippen LogP contribution is -2.17. The van der Waals surface area contributed by atoms with E-state index in [1.165, 1.54) is 60.3 Å². The van der Waals surface area contributed by atoms with Crippen molar-refractivity contribution in [1.82, 2.24) is 0 Å². The first kappa shape index (κ1) is 19.4. The van der Waals surface area contributed by atoms with Gasteiger partial charge in [0.15, 0.2) is 11.6 Å². The number of rotatable bonds is 6. The normalized spacial score (nSPS) is 11.9. The van der Waals surface area contributed by atoms with Crippen molar-refractivity contribution in [2.45, 2.75) is 4.90 Å². The Labute approximate surface area is 175 Å². The van der Waals surface area contributed by atoms with Crippen molar-refractivity contribution in [3.63, 3.8) is 0 Å². The molecule has 0 aromatic heterocycles. The number of thioether (sulfide) groups is 1. The lowest BCUT2D eigenvalue weighted by molar-refractivity contribution is 0.0962. The minimum Gasteiger partial charge on any atom is -0.348 e. The van der Waals surface area contributed by atoms with E-state index in [1.54, 1.807) is 0 Å². The number of para-hydroxylation sites is 1. The maximum atomic E-state index is 13.3. The zero-order valence-corrected chi connectivity index (χ0v) is 16.2. The molecule has 3 aromatic rings. The van der Waals surface area contributed by atoms with Crippen LogP contribution in [0.5, 0.6) is 0 Å². The Morgan fingerprint density at radius 1 is 0.700 bits per heavy atom. The number of ketones is 2. The van der Waals surface area contributed by atoms with Gasteiger partial charge < -0.3 is 5.32 Å². The molecular weight excluding hydrogens is 402 g/mol. The van der Waals surface area contributed by atoms with Crippen molar-refractivity contribution in [2.75, 3.05) is 5.32 Å². The lowest BCUT2D eigenvalue weighted by Gasteiger charge is -2.10. The van der Waals surface area contributed by atoms with Crippen molar-refractivity contribution in [3.8, 4) is 0 Å². The predicted octanol–water partition coefficient (Wildman–Crippen LogP) is 5.98. The predicted molar refractivity (Wildman–Crippen MR) is 115 cm³/mol. The SMILES string of the molecule is O=Nc1ccc(C(=O)C(C(=O)c2ccc(N=O)cc2)=C2Nc3ccccc3S2)cc1. The monoisotopic (exact) mass is 415 g/mol. The smallest absolute Gasteiger partial charge is 0.199 e. The summed E-state index contributed by atoms with van der Waals surface area (Å²) in [5.41, 5.74) is 1.65. The fraction of sp³-hybridized carbons (Fsp3) is 0. The fourth-order valence-corrected chi connectivity index (χ4v) is 4.02. The topological polar surface area (TPSA) is 105 Å². The van der Waals surface area contributed by atoms with Gasteiger partial charge in [-0.15, -0.1) is 9.81 Å². The maximum absolute atomic E-state index is 13.3. The third kappa shape index (κ3) is 3.68. The highest BCUT2D eigenvalue weighted by Gasteiger charge is 2.29. The molecule has 0 bridgehead atoms. The van der Waals surface area contributed by atoms with Gasteiger partial charge in [-0.3, -0.25) is 9.59 Å². The van der Waals surface area contributed by atoms with Crippen LogP contribution < -0.4 is 5.32 Å². The molecule has 8 heteroatoms. The molecule has 0 fully saturated rings. The summed E-state index contributed by atoms with van der Waals surface area (Å²) in [5.74, 6) is -0.976. The molecule has 146 valence electrons. The number of nitroso groups, excluding NO2 is 2. The van der Waals surface area contributed by atoms with Gasteiger partial charge in [0.05, 0.1) is 10.7 Å². The van der Waals surface area contributed by atoms with Gasteiger partial charge in [-0.25, -0.2) is 0 Å². The average molecular weight is 415 g/mol. The van der Waals surface area contributed by atoms with E-state index in [2.05, 4.69) is 15.7 Å². The van der Waals surface area contributed by atoms with Crippen LogP contribution in [0.3, 0.4) is 0 Å². The standard InChI is InChI=1S/C22H13N3O4S/c26-20(13-5-9-15(24-28)10-6-13)19(21(27)14-7-11-16(25-29)12-8-14)22-23-17-3-1-2-4-18(17)30-22/h1-12,23H. The average Bonchev–Trinajstić information content (AvgIpc) is 3.22.